The van der Waals surface area contributed by atoms with Gasteiger partial charge in [-0.05, 0) is 72.7 Å². The average Bonchev–Trinajstić information content (AvgIpc) is 3.69. The molecule has 0 spiro atoms. The molecule has 2 atom stereocenters. The zero-order valence-corrected chi connectivity index (χ0v) is 20.7. The summed E-state index contributed by atoms with van der Waals surface area (Å²) < 4.78 is 13.6. The van der Waals surface area contributed by atoms with Gasteiger partial charge in [0.05, 0.1) is 0 Å². The molecule has 0 aromatic heterocycles. The summed E-state index contributed by atoms with van der Waals surface area (Å²) in [5, 5.41) is 0. The van der Waals surface area contributed by atoms with Crippen LogP contribution < -0.4 is 0 Å². The Bertz CT molecular complexity index is 821. The highest BCUT2D eigenvalue weighted by Gasteiger charge is 2.27. The van der Waals surface area contributed by atoms with Gasteiger partial charge in [-0.3, -0.25) is 0 Å². The van der Waals surface area contributed by atoms with Gasteiger partial charge in [0.1, 0.15) is 5.82 Å². The minimum absolute atomic E-state index is 0.114. The highest BCUT2D eigenvalue weighted by molar-refractivity contribution is 5.45. The van der Waals surface area contributed by atoms with Gasteiger partial charge < -0.3 is 9.80 Å². The highest BCUT2D eigenvalue weighted by Crippen LogP contribution is 2.42. The number of hydrogen-bond acceptors (Lipinski definition) is 2. The molecule has 3 heteroatoms. The van der Waals surface area contributed by atoms with Gasteiger partial charge in [-0.15, -0.1) is 0 Å². The molecular formula is C29H43FN2. The van der Waals surface area contributed by atoms with Crippen LogP contribution in [-0.4, -0.2) is 49.6 Å². The van der Waals surface area contributed by atoms with Crippen molar-refractivity contribution in [2.45, 2.75) is 71.1 Å². The maximum absolute atomic E-state index is 13.6. The second-order valence-electron chi connectivity index (χ2n) is 9.70. The van der Waals surface area contributed by atoms with Crippen LogP contribution in [0, 0.1) is 5.82 Å². The Balaban J connectivity index is 0.000000198. The molecular weight excluding hydrogens is 395 g/mol. The zero-order valence-electron chi connectivity index (χ0n) is 20.7. The van der Waals surface area contributed by atoms with E-state index in [1.54, 1.807) is 12.1 Å². The van der Waals surface area contributed by atoms with Crippen LogP contribution in [0.15, 0.2) is 42.5 Å². The molecule has 0 amide bonds. The Morgan fingerprint density at radius 1 is 0.875 bits per heavy atom. The molecule has 0 bridgehead atoms. The molecule has 3 aliphatic rings. The van der Waals surface area contributed by atoms with Gasteiger partial charge in [-0.1, -0.05) is 76.8 Å². The van der Waals surface area contributed by atoms with Gasteiger partial charge in [0, 0.05) is 26.2 Å². The fourth-order valence-corrected chi connectivity index (χ4v) is 4.78. The summed E-state index contributed by atoms with van der Waals surface area (Å²) in [7, 11) is 2.19. The van der Waals surface area contributed by atoms with E-state index in [1.165, 1.54) is 74.2 Å². The molecule has 1 aliphatic heterocycles. The summed E-state index contributed by atoms with van der Waals surface area (Å²) in [4.78, 5) is 4.87. The third kappa shape index (κ3) is 7.15. The van der Waals surface area contributed by atoms with Crippen molar-refractivity contribution in [1.29, 1.82) is 0 Å². The molecule has 2 aromatic carbocycles. The van der Waals surface area contributed by atoms with Crippen molar-refractivity contribution >= 4 is 0 Å². The molecule has 32 heavy (non-hydrogen) atoms. The second kappa shape index (κ2) is 12.5. The fourth-order valence-electron chi connectivity index (χ4n) is 4.78. The first kappa shape index (κ1) is 24.9. The number of halogens is 1. The van der Waals surface area contributed by atoms with Gasteiger partial charge in [-0.2, -0.15) is 0 Å². The van der Waals surface area contributed by atoms with E-state index in [4.69, 9.17) is 0 Å². The largest absolute Gasteiger partial charge is 0.304 e. The van der Waals surface area contributed by atoms with E-state index in [2.05, 4.69) is 61.9 Å². The first-order valence-corrected chi connectivity index (χ1v) is 12.8. The zero-order chi connectivity index (χ0) is 22.9. The average molecular weight is 439 g/mol. The van der Waals surface area contributed by atoms with Gasteiger partial charge in [-0.25, -0.2) is 4.39 Å². The van der Waals surface area contributed by atoms with Crippen LogP contribution >= 0.6 is 0 Å². The Morgan fingerprint density at radius 2 is 1.53 bits per heavy atom. The Hall–Kier alpha value is -1.71. The number of likely N-dealkylation sites (N-methyl/N-ethyl adjacent to an activating group) is 2. The Morgan fingerprint density at radius 3 is 2.16 bits per heavy atom. The van der Waals surface area contributed by atoms with Crippen LogP contribution in [-0.2, 0) is 6.42 Å². The van der Waals surface area contributed by atoms with E-state index < -0.39 is 0 Å². The van der Waals surface area contributed by atoms with Crippen LogP contribution in [0.4, 0.5) is 4.39 Å². The monoisotopic (exact) mass is 438 g/mol. The molecule has 0 unspecified atom stereocenters. The van der Waals surface area contributed by atoms with Gasteiger partial charge in [0.25, 0.3) is 0 Å². The lowest BCUT2D eigenvalue weighted by Crippen LogP contribution is -2.44. The summed E-state index contributed by atoms with van der Waals surface area (Å²) in [5.41, 5.74) is 5.34. The standard InChI is InChI=1S/C19H21F.C7H16N2.C3H6/c1-3-6-17-13(2)19-12-16(20)10-9-15(19)11-14-7-4-5-8-18(14)17;1-3-9-6-4-8(2)5-7-9;1-2-3-1/h4-5,7-10,12-13,17H,3,6,11H2,1-2H3;3-7H2,1-2H3;1-3H2/t13-,17+;;/m1../s1. The molecule has 2 aromatic rings. The van der Waals surface area contributed by atoms with E-state index in [9.17, 15) is 4.39 Å². The van der Waals surface area contributed by atoms with Crippen molar-refractivity contribution in [2.75, 3.05) is 39.8 Å². The van der Waals surface area contributed by atoms with Gasteiger partial charge in [0.2, 0.25) is 0 Å². The topological polar surface area (TPSA) is 6.48 Å². The Labute approximate surface area is 195 Å². The first-order valence-electron chi connectivity index (χ1n) is 12.8. The molecule has 1 saturated carbocycles. The highest BCUT2D eigenvalue weighted by atomic mass is 19.1. The lowest BCUT2D eigenvalue weighted by Gasteiger charge is -2.31. The van der Waals surface area contributed by atoms with Crippen molar-refractivity contribution in [3.63, 3.8) is 0 Å². The van der Waals surface area contributed by atoms with Crippen molar-refractivity contribution < 1.29 is 4.39 Å². The molecule has 5 rings (SSSR count). The fraction of sp³-hybridized carbons (Fsp3) is 0.586. The minimum atomic E-state index is -0.114. The van der Waals surface area contributed by atoms with E-state index in [0.29, 0.717) is 11.8 Å². The number of fused-ring (bicyclic) bond motifs is 2. The first-order chi connectivity index (χ1) is 15.5. The molecule has 2 nitrogen and oxygen atoms in total. The predicted molar refractivity (Wildman–Crippen MR) is 135 cm³/mol. The quantitative estimate of drug-likeness (QED) is 0.517. The third-order valence-corrected chi connectivity index (χ3v) is 7.03. The minimum Gasteiger partial charge on any atom is -0.304 e. The SMILES string of the molecule is C1CC1.CCC[C@@H]1c2ccccc2Cc2ccc(F)cc2[C@@H]1C.CCN1CCN(C)CC1. The summed E-state index contributed by atoms with van der Waals surface area (Å²) in [6, 6.07) is 14.0. The van der Waals surface area contributed by atoms with Crippen molar-refractivity contribution in [3.8, 4) is 0 Å². The van der Waals surface area contributed by atoms with Crippen molar-refractivity contribution in [3.05, 3.63) is 70.5 Å². The molecule has 2 fully saturated rings. The van der Waals surface area contributed by atoms with Crippen LogP contribution in [0.1, 0.15) is 87.0 Å². The molecule has 176 valence electrons. The van der Waals surface area contributed by atoms with Crippen LogP contribution in [0.5, 0.6) is 0 Å². The normalized spacial score (nSPS) is 22.3. The van der Waals surface area contributed by atoms with Crippen molar-refractivity contribution in [1.82, 2.24) is 9.80 Å². The maximum Gasteiger partial charge on any atom is 0.123 e. The van der Waals surface area contributed by atoms with Crippen molar-refractivity contribution in [2.24, 2.45) is 0 Å². The van der Waals surface area contributed by atoms with Crippen LogP contribution in [0.3, 0.4) is 0 Å². The third-order valence-electron chi connectivity index (χ3n) is 7.03. The van der Waals surface area contributed by atoms with E-state index in [0.717, 1.165) is 19.3 Å². The van der Waals surface area contributed by atoms with Crippen LogP contribution in [0.25, 0.3) is 0 Å². The summed E-state index contributed by atoms with van der Waals surface area (Å²) in [6.07, 6.45) is 7.75. The molecule has 1 saturated heterocycles. The van der Waals surface area contributed by atoms with Crippen LogP contribution in [0.2, 0.25) is 0 Å². The molecule has 1 heterocycles. The summed E-state index contributed by atoms with van der Waals surface area (Å²) >= 11 is 0. The molecule has 0 radical (unpaired) electrons. The number of benzene rings is 2. The number of hydrogen-bond donors (Lipinski definition) is 0. The van der Waals surface area contributed by atoms with Gasteiger partial charge in [0.15, 0.2) is 0 Å². The second-order valence-corrected chi connectivity index (χ2v) is 9.70. The van der Waals surface area contributed by atoms with E-state index in [1.807, 2.05) is 6.07 Å². The maximum atomic E-state index is 13.6. The molecule has 0 N–H and O–H groups in total. The Kier molecular flexibility index (Phi) is 9.74. The van der Waals surface area contributed by atoms with Gasteiger partial charge >= 0.3 is 0 Å². The predicted octanol–water partition coefficient (Wildman–Crippen LogP) is 6.84. The summed E-state index contributed by atoms with van der Waals surface area (Å²) in [5.74, 6) is 0.764. The lowest BCUT2D eigenvalue weighted by molar-refractivity contribution is 0.160. The smallest absolute Gasteiger partial charge is 0.123 e. The number of nitrogens with zero attached hydrogens (tertiary/aromatic N) is 2. The van der Waals surface area contributed by atoms with E-state index >= 15 is 0 Å². The molecule has 2 aliphatic carbocycles. The number of rotatable bonds is 3. The lowest BCUT2D eigenvalue weighted by atomic mass is 9.80. The number of piperazine rings is 1. The van der Waals surface area contributed by atoms with E-state index in [-0.39, 0.29) is 5.82 Å². The summed E-state index contributed by atoms with van der Waals surface area (Å²) in [6.45, 7) is 12.9.